The molecule has 0 saturated carbocycles. The van der Waals surface area contributed by atoms with Gasteiger partial charge in [-0.1, -0.05) is 6.07 Å². The highest BCUT2D eigenvalue weighted by molar-refractivity contribution is 5.68. The van der Waals surface area contributed by atoms with Crippen LogP contribution < -0.4 is 0 Å². The van der Waals surface area contributed by atoms with Gasteiger partial charge in [0.1, 0.15) is 5.60 Å². The molecule has 1 aliphatic rings. The molecule has 24 heavy (non-hydrogen) atoms. The number of aliphatic hydroxyl groups excluding tert-OH is 1. The van der Waals surface area contributed by atoms with Crippen molar-refractivity contribution in [2.45, 2.75) is 32.5 Å². The minimum Gasteiger partial charge on any atom is -0.444 e. The van der Waals surface area contributed by atoms with Gasteiger partial charge in [-0.05, 0) is 38.5 Å². The van der Waals surface area contributed by atoms with E-state index < -0.39 is 23.3 Å². The average molecular weight is 342 g/mol. The molecule has 5 nitrogen and oxygen atoms in total. The van der Waals surface area contributed by atoms with Crippen LogP contribution in [0.4, 0.5) is 13.6 Å². The highest BCUT2D eigenvalue weighted by Crippen LogP contribution is 2.19. The molecular formula is C17H24F2N2O3. The summed E-state index contributed by atoms with van der Waals surface area (Å²) >= 11 is 0. The Bertz CT molecular complexity index is 582. The summed E-state index contributed by atoms with van der Waals surface area (Å²) < 4.78 is 31.5. The molecule has 1 atom stereocenters. The first kappa shape index (κ1) is 18.6. The number of rotatable bonds is 3. The van der Waals surface area contributed by atoms with Crippen LogP contribution in [0, 0.1) is 11.6 Å². The smallest absolute Gasteiger partial charge is 0.410 e. The van der Waals surface area contributed by atoms with Gasteiger partial charge in [-0.3, -0.25) is 4.90 Å². The largest absolute Gasteiger partial charge is 0.444 e. The molecule has 7 heteroatoms. The summed E-state index contributed by atoms with van der Waals surface area (Å²) in [6.45, 7) is 7.92. The van der Waals surface area contributed by atoms with E-state index in [1.165, 1.54) is 6.07 Å². The zero-order valence-electron chi connectivity index (χ0n) is 14.3. The second-order valence-electron chi connectivity index (χ2n) is 6.96. The van der Waals surface area contributed by atoms with Crippen LogP contribution in [0.15, 0.2) is 18.2 Å². The Kier molecular flexibility index (Phi) is 5.77. The minimum atomic E-state index is -0.971. The number of hydrogen-bond donors (Lipinski definition) is 1. The summed E-state index contributed by atoms with van der Waals surface area (Å²) in [4.78, 5) is 15.6. The highest BCUT2D eigenvalue weighted by atomic mass is 19.2. The summed E-state index contributed by atoms with van der Waals surface area (Å²) in [7, 11) is 0. The van der Waals surface area contributed by atoms with Gasteiger partial charge >= 0.3 is 6.09 Å². The molecule has 1 fully saturated rings. The lowest BCUT2D eigenvalue weighted by Crippen LogP contribution is -2.50. The van der Waals surface area contributed by atoms with Gasteiger partial charge in [-0.25, -0.2) is 13.6 Å². The van der Waals surface area contributed by atoms with Gasteiger partial charge < -0.3 is 14.7 Å². The van der Waals surface area contributed by atoms with E-state index in [4.69, 9.17) is 4.74 Å². The summed E-state index contributed by atoms with van der Waals surface area (Å²) in [6.07, 6.45) is -1.25. The summed E-state index contributed by atoms with van der Waals surface area (Å²) in [5, 5.41) is 10.2. The Morgan fingerprint density at radius 2 is 1.83 bits per heavy atom. The Hall–Kier alpha value is -1.73. The maximum absolute atomic E-state index is 13.2. The fraction of sp³-hybridized carbons (Fsp3) is 0.588. The lowest BCUT2D eigenvalue weighted by molar-refractivity contribution is 0.0101. The minimum absolute atomic E-state index is 0.299. The Balaban J connectivity index is 1.84. The second-order valence-corrected chi connectivity index (χ2v) is 6.96. The first-order chi connectivity index (χ1) is 11.2. The number of nitrogens with zero attached hydrogens (tertiary/aromatic N) is 2. The van der Waals surface area contributed by atoms with Crippen LogP contribution >= 0.6 is 0 Å². The molecule has 1 amide bonds. The monoisotopic (exact) mass is 342 g/mol. The van der Waals surface area contributed by atoms with Gasteiger partial charge in [-0.15, -0.1) is 0 Å². The van der Waals surface area contributed by atoms with E-state index >= 15 is 0 Å². The summed E-state index contributed by atoms with van der Waals surface area (Å²) in [6, 6.07) is 3.39. The quantitative estimate of drug-likeness (QED) is 0.917. The van der Waals surface area contributed by atoms with E-state index in [1.54, 1.807) is 4.90 Å². The fourth-order valence-electron chi connectivity index (χ4n) is 2.51. The number of benzene rings is 1. The molecule has 1 unspecified atom stereocenters. The maximum atomic E-state index is 13.2. The van der Waals surface area contributed by atoms with Crippen molar-refractivity contribution < 1.29 is 23.4 Å². The molecule has 0 bridgehead atoms. The summed E-state index contributed by atoms with van der Waals surface area (Å²) in [5.74, 6) is -1.90. The van der Waals surface area contributed by atoms with Crippen LogP contribution in [-0.2, 0) is 4.74 Å². The van der Waals surface area contributed by atoms with Crippen LogP contribution in [0.3, 0.4) is 0 Å². The zero-order valence-corrected chi connectivity index (χ0v) is 14.3. The topological polar surface area (TPSA) is 53.0 Å². The number of aliphatic hydroxyl groups is 1. The molecule has 0 aliphatic carbocycles. The van der Waals surface area contributed by atoms with Gasteiger partial charge in [0.2, 0.25) is 0 Å². The van der Waals surface area contributed by atoms with Crippen molar-refractivity contribution >= 4 is 6.09 Å². The molecular weight excluding hydrogens is 318 g/mol. The van der Waals surface area contributed by atoms with Crippen molar-refractivity contribution in [2.24, 2.45) is 0 Å². The molecule has 1 aromatic rings. The number of ether oxygens (including phenoxy) is 1. The number of carbonyl (C=O) groups is 1. The Morgan fingerprint density at radius 3 is 2.38 bits per heavy atom. The number of amides is 1. The van der Waals surface area contributed by atoms with Crippen LogP contribution in [0.2, 0.25) is 0 Å². The van der Waals surface area contributed by atoms with Gasteiger partial charge in [0.05, 0.1) is 6.10 Å². The third kappa shape index (κ3) is 5.14. The average Bonchev–Trinajstić information content (AvgIpc) is 2.49. The lowest BCUT2D eigenvalue weighted by atomic mass is 10.1. The zero-order chi connectivity index (χ0) is 17.9. The number of halogens is 2. The number of carbonyl (C=O) groups excluding carboxylic acids is 1. The molecule has 1 heterocycles. The number of β-amino-alcohol motifs (C(OH)–C–C–N with tert-alkyl or cyclic N) is 1. The van der Waals surface area contributed by atoms with Crippen molar-refractivity contribution in [2.75, 3.05) is 32.7 Å². The molecule has 0 radical (unpaired) electrons. The molecule has 0 spiro atoms. The van der Waals surface area contributed by atoms with Gasteiger partial charge in [-0.2, -0.15) is 0 Å². The van der Waals surface area contributed by atoms with Crippen LogP contribution in [0.1, 0.15) is 32.4 Å². The third-order valence-electron chi connectivity index (χ3n) is 3.78. The number of piperazine rings is 1. The van der Waals surface area contributed by atoms with E-state index in [0.29, 0.717) is 38.3 Å². The Labute approximate surface area is 140 Å². The number of hydrogen-bond acceptors (Lipinski definition) is 4. The molecule has 1 aliphatic heterocycles. The third-order valence-corrected chi connectivity index (χ3v) is 3.78. The van der Waals surface area contributed by atoms with Crippen molar-refractivity contribution in [3.05, 3.63) is 35.4 Å². The highest BCUT2D eigenvalue weighted by Gasteiger charge is 2.26. The van der Waals surface area contributed by atoms with Crippen molar-refractivity contribution in [1.82, 2.24) is 9.80 Å². The van der Waals surface area contributed by atoms with E-state index in [-0.39, 0.29) is 6.09 Å². The first-order valence-electron chi connectivity index (χ1n) is 7.99. The van der Waals surface area contributed by atoms with Crippen LogP contribution in [-0.4, -0.2) is 59.3 Å². The second kappa shape index (κ2) is 7.44. The van der Waals surface area contributed by atoms with Crippen molar-refractivity contribution in [3.8, 4) is 0 Å². The molecule has 0 aromatic heterocycles. The molecule has 2 rings (SSSR count). The van der Waals surface area contributed by atoms with Gasteiger partial charge in [0.15, 0.2) is 11.6 Å². The van der Waals surface area contributed by atoms with E-state index in [0.717, 1.165) is 12.1 Å². The predicted octanol–water partition coefficient (Wildman–Crippen LogP) is 2.55. The predicted molar refractivity (Wildman–Crippen MR) is 85.6 cm³/mol. The maximum Gasteiger partial charge on any atom is 0.410 e. The lowest BCUT2D eigenvalue weighted by Gasteiger charge is -2.36. The Morgan fingerprint density at radius 1 is 1.21 bits per heavy atom. The van der Waals surface area contributed by atoms with Crippen LogP contribution in [0.25, 0.3) is 0 Å². The van der Waals surface area contributed by atoms with Crippen molar-refractivity contribution in [3.63, 3.8) is 0 Å². The van der Waals surface area contributed by atoms with E-state index in [9.17, 15) is 18.7 Å². The van der Waals surface area contributed by atoms with E-state index in [1.807, 2.05) is 25.7 Å². The van der Waals surface area contributed by atoms with Crippen molar-refractivity contribution in [1.29, 1.82) is 0 Å². The fourth-order valence-corrected chi connectivity index (χ4v) is 2.51. The summed E-state index contributed by atoms with van der Waals surface area (Å²) in [5.41, 5.74) is -0.194. The molecule has 1 saturated heterocycles. The van der Waals surface area contributed by atoms with Gasteiger partial charge in [0.25, 0.3) is 0 Å². The standard InChI is InChI=1S/C17H24F2N2O3/c1-17(2,3)24-16(23)21-8-6-20(7-9-21)11-15(22)12-4-5-13(18)14(19)10-12/h4-5,10,15,22H,6-9,11H2,1-3H3. The van der Waals surface area contributed by atoms with Gasteiger partial charge in [0, 0.05) is 32.7 Å². The SMILES string of the molecule is CC(C)(C)OC(=O)N1CCN(CC(O)c2ccc(F)c(F)c2)CC1. The first-order valence-corrected chi connectivity index (χ1v) is 7.99. The molecule has 134 valence electrons. The normalized spacial score (nSPS) is 17.7. The molecule has 1 aromatic carbocycles. The van der Waals surface area contributed by atoms with E-state index in [2.05, 4.69) is 0 Å². The van der Waals surface area contributed by atoms with Crippen LogP contribution in [0.5, 0.6) is 0 Å². The molecule has 1 N–H and O–H groups in total.